The molecule has 236 valence electrons. The first-order valence-corrected chi connectivity index (χ1v) is 14.5. The van der Waals surface area contributed by atoms with E-state index < -0.39 is 23.3 Å². The van der Waals surface area contributed by atoms with E-state index in [1.165, 1.54) is 12.1 Å². The molecule has 0 saturated heterocycles. The molecule has 0 amide bonds. The number of rotatable bonds is 4. The first-order chi connectivity index (χ1) is 22.3. The normalized spacial score (nSPS) is 9.28. The van der Waals surface area contributed by atoms with Crippen molar-refractivity contribution in [3.8, 4) is 0 Å². The van der Waals surface area contributed by atoms with Crippen LogP contribution in [0.15, 0.2) is 146 Å². The fourth-order valence-electron chi connectivity index (χ4n) is 3.33. The van der Waals surface area contributed by atoms with Gasteiger partial charge < -0.3 is 21.3 Å². The van der Waals surface area contributed by atoms with E-state index in [-0.39, 0.29) is 43.3 Å². The van der Waals surface area contributed by atoms with Gasteiger partial charge >= 0.3 is 21.7 Å². The van der Waals surface area contributed by atoms with Crippen molar-refractivity contribution < 1.29 is 39.3 Å². The van der Waals surface area contributed by atoms with Gasteiger partial charge in [0, 0.05) is 34.6 Å². The fraction of sp³-hybridized carbons (Fsp3) is 0. The number of anilines is 4. The van der Waals surface area contributed by atoms with E-state index in [0.717, 1.165) is 23.5 Å². The molecule has 0 atom stereocenters. The summed E-state index contributed by atoms with van der Waals surface area (Å²) in [6.07, 6.45) is 0. The monoisotopic (exact) mass is 704 g/mol. The second kappa shape index (κ2) is 22.0. The van der Waals surface area contributed by atoms with E-state index in [4.69, 9.17) is 24.4 Å². The molecule has 0 aliphatic carbocycles. The van der Waals surface area contributed by atoms with Crippen LogP contribution in [0.5, 0.6) is 0 Å². The molecular weight excluding hydrogens is 676 g/mol. The predicted octanol–water partition coefficient (Wildman–Crippen LogP) is 9.96. The van der Waals surface area contributed by atoms with Crippen molar-refractivity contribution in [3.05, 3.63) is 181 Å². The van der Waals surface area contributed by atoms with Gasteiger partial charge in [-0.25, -0.2) is 41.8 Å². The van der Waals surface area contributed by atoms with Crippen molar-refractivity contribution in [1.29, 1.82) is 0 Å². The van der Waals surface area contributed by atoms with E-state index in [1.54, 1.807) is 0 Å². The number of thiocarbonyl (C=S) groups is 2. The SMILES string of the molecule is Fc1[c-]c(F)c(NC(=S)Nc2ccccc2)cc1.Fc1[c-]c(F)c(NC(=S)Nc2ccccc2)cc1.[Ti+4].c1cc[cH-]c1.c1cc[cH-]c1. The van der Waals surface area contributed by atoms with Crippen LogP contribution in [0.4, 0.5) is 40.3 Å². The molecule has 0 aromatic heterocycles. The minimum atomic E-state index is -0.813. The van der Waals surface area contributed by atoms with E-state index >= 15 is 0 Å². The van der Waals surface area contributed by atoms with Gasteiger partial charge in [-0.2, -0.15) is 36.4 Å². The molecule has 0 radical (unpaired) electrons. The number of halogens is 4. The molecule has 0 bridgehead atoms. The fourth-order valence-corrected chi connectivity index (χ4v) is 3.79. The van der Waals surface area contributed by atoms with Crippen LogP contribution < -0.4 is 21.3 Å². The summed E-state index contributed by atoms with van der Waals surface area (Å²) in [6, 6.07) is 47.0. The molecule has 0 fully saturated rings. The van der Waals surface area contributed by atoms with Crippen LogP contribution in [0.2, 0.25) is 0 Å². The third kappa shape index (κ3) is 16.0. The van der Waals surface area contributed by atoms with Crippen LogP contribution in [0, 0.1) is 35.4 Å². The van der Waals surface area contributed by atoms with Gasteiger partial charge in [0.05, 0.1) is 0 Å². The molecule has 6 aromatic carbocycles. The van der Waals surface area contributed by atoms with Crippen molar-refractivity contribution in [2.24, 2.45) is 0 Å². The summed E-state index contributed by atoms with van der Waals surface area (Å²) in [5.41, 5.74) is 1.71. The maximum atomic E-state index is 13.3. The average Bonchev–Trinajstić information content (AvgIpc) is 3.82. The number of hydrogen-bond acceptors (Lipinski definition) is 2. The van der Waals surface area contributed by atoms with Gasteiger partial charge in [-0.1, -0.05) is 36.4 Å². The molecule has 0 spiro atoms. The molecular formula is C36H28F4N4S2Ti. The Morgan fingerprint density at radius 3 is 1.09 bits per heavy atom. The Hall–Kier alpha value is -4.61. The Morgan fingerprint density at radius 1 is 0.468 bits per heavy atom. The first-order valence-electron chi connectivity index (χ1n) is 13.6. The van der Waals surface area contributed by atoms with E-state index in [1.807, 2.05) is 133 Å². The van der Waals surface area contributed by atoms with Gasteiger partial charge in [0.25, 0.3) is 0 Å². The molecule has 4 nitrogen and oxygen atoms in total. The van der Waals surface area contributed by atoms with Crippen LogP contribution in [0.3, 0.4) is 0 Å². The Bertz CT molecular complexity index is 1560. The zero-order valence-electron chi connectivity index (χ0n) is 24.7. The molecule has 6 aromatic rings. The second-order valence-corrected chi connectivity index (χ2v) is 9.70. The molecule has 0 saturated carbocycles. The zero-order chi connectivity index (χ0) is 33.0. The van der Waals surface area contributed by atoms with Crippen LogP contribution >= 0.6 is 24.4 Å². The van der Waals surface area contributed by atoms with Crippen LogP contribution in [0.25, 0.3) is 0 Å². The van der Waals surface area contributed by atoms with Crippen molar-refractivity contribution in [1.82, 2.24) is 0 Å². The summed E-state index contributed by atoms with van der Waals surface area (Å²) < 4.78 is 51.9. The summed E-state index contributed by atoms with van der Waals surface area (Å²) in [6.45, 7) is 0. The first kappa shape index (κ1) is 38.6. The van der Waals surface area contributed by atoms with Crippen LogP contribution in [0.1, 0.15) is 0 Å². The van der Waals surface area contributed by atoms with Crippen molar-refractivity contribution in [2.75, 3.05) is 21.3 Å². The van der Waals surface area contributed by atoms with Crippen molar-refractivity contribution in [2.45, 2.75) is 0 Å². The standard InChI is InChI=1S/2C13H9F2N2S.2C5H5.Ti/c2*14-9-6-7-12(11(15)8-9)17-13(18)16-10-4-2-1-3-5-10;2*1-2-4-5-3-1;/h2*1-7H,(H2,16,17,18);2*1-5H;/q4*-1;+4. The number of nitrogens with one attached hydrogen (secondary N) is 4. The Labute approximate surface area is 297 Å². The maximum absolute atomic E-state index is 13.3. The van der Waals surface area contributed by atoms with Gasteiger partial charge in [-0.3, -0.25) is 0 Å². The van der Waals surface area contributed by atoms with Crippen molar-refractivity contribution >= 4 is 57.4 Å². The van der Waals surface area contributed by atoms with Gasteiger partial charge in [0.15, 0.2) is 10.2 Å². The van der Waals surface area contributed by atoms with Gasteiger partial charge in [-0.15, -0.1) is 36.4 Å². The summed E-state index contributed by atoms with van der Waals surface area (Å²) >= 11 is 10.0. The van der Waals surface area contributed by atoms with E-state index in [9.17, 15) is 17.6 Å². The third-order valence-electron chi connectivity index (χ3n) is 5.39. The number of hydrogen-bond donors (Lipinski definition) is 4. The Balaban J connectivity index is 0.000000248. The second-order valence-electron chi connectivity index (χ2n) is 8.88. The molecule has 0 unspecified atom stereocenters. The summed E-state index contributed by atoms with van der Waals surface area (Å²) in [4.78, 5) is 0. The quantitative estimate of drug-likeness (QED) is 0.0635. The van der Waals surface area contributed by atoms with E-state index in [0.29, 0.717) is 0 Å². The van der Waals surface area contributed by atoms with E-state index in [2.05, 4.69) is 21.3 Å². The summed E-state index contributed by atoms with van der Waals surface area (Å²) in [5, 5.41) is 11.5. The Morgan fingerprint density at radius 2 is 0.809 bits per heavy atom. The molecule has 0 heterocycles. The summed E-state index contributed by atoms with van der Waals surface area (Å²) in [5.74, 6) is -3.13. The molecule has 6 rings (SSSR count). The molecule has 4 N–H and O–H groups in total. The van der Waals surface area contributed by atoms with Crippen LogP contribution in [-0.4, -0.2) is 10.2 Å². The van der Waals surface area contributed by atoms with Gasteiger partial charge in [0.2, 0.25) is 0 Å². The van der Waals surface area contributed by atoms with Crippen molar-refractivity contribution in [3.63, 3.8) is 0 Å². The topological polar surface area (TPSA) is 48.1 Å². The minimum absolute atomic E-state index is 0. The number of para-hydroxylation sites is 2. The molecule has 47 heavy (non-hydrogen) atoms. The third-order valence-corrected chi connectivity index (χ3v) is 5.80. The smallest absolute Gasteiger partial charge is 0.383 e. The average molecular weight is 705 g/mol. The Kier molecular flexibility index (Phi) is 18.1. The minimum Gasteiger partial charge on any atom is -0.383 e. The predicted molar refractivity (Wildman–Crippen MR) is 187 cm³/mol. The van der Waals surface area contributed by atoms with Gasteiger partial charge in [-0.05, 0) is 60.1 Å². The zero-order valence-corrected chi connectivity index (χ0v) is 27.9. The van der Waals surface area contributed by atoms with Gasteiger partial charge in [0.1, 0.15) is 0 Å². The molecule has 0 aliphatic heterocycles. The van der Waals surface area contributed by atoms with Crippen LogP contribution in [-0.2, 0) is 21.7 Å². The molecule has 11 heteroatoms. The summed E-state index contributed by atoms with van der Waals surface area (Å²) in [7, 11) is 0. The molecule has 0 aliphatic rings. The number of benzene rings is 4. The largest absolute Gasteiger partial charge is 4.00 e. The maximum Gasteiger partial charge on any atom is 4.00 e.